The Bertz CT molecular complexity index is 995. The van der Waals surface area contributed by atoms with Gasteiger partial charge < -0.3 is 10.1 Å². The van der Waals surface area contributed by atoms with Crippen molar-refractivity contribution in [2.45, 2.75) is 26.9 Å². The highest BCUT2D eigenvalue weighted by molar-refractivity contribution is 5.81. The van der Waals surface area contributed by atoms with Crippen LogP contribution in [0.1, 0.15) is 19.4 Å². The Hall–Kier alpha value is -3.15. The maximum Gasteiger partial charge on any atom is 0.275 e. The molecule has 2 aromatic carbocycles. The highest BCUT2D eigenvalue weighted by atomic mass is 16.5. The van der Waals surface area contributed by atoms with Gasteiger partial charge in [-0.15, -0.1) is 0 Å². The van der Waals surface area contributed by atoms with E-state index in [-0.39, 0.29) is 18.0 Å². The second-order valence-corrected chi connectivity index (χ2v) is 6.82. The number of fused-ring (bicyclic) bond motifs is 1. The molecule has 0 aliphatic carbocycles. The summed E-state index contributed by atoms with van der Waals surface area (Å²) in [5.74, 6) is 0.956. The molecule has 0 aliphatic rings. The number of benzene rings is 2. The molecule has 3 rings (SSSR count). The molecule has 0 radical (unpaired) electrons. The summed E-state index contributed by atoms with van der Waals surface area (Å²) in [6.07, 6.45) is 1.60. The molecule has 0 unspecified atom stereocenters. The van der Waals surface area contributed by atoms with E-state index in [1.807, 2.05) is 36.4 Å². The Balaban J connectivity index is 1.61. The van der Waals surface area contributed by atoms with Crippen LogP contribution in [0.15, 0.2) is 59.5 Å². The van der Waals surface area contributed by atoms with Crippen LogP contribution >= 0.6 is 0 Å². The molecule has 1 heterocycles. The molecule has 0 saturated carbocycles. The summed E-state index contributed by atoms with van der Waals surface area (Å²) in [6, 6.07) is 14.8. The normalized spacial score (nSPS) is 10.9. The number of nitrogens with one attached hydrogen (secondary N) is 1. The van der Waals surface area contributed by atoms with E-state index in [1.54, 1.807) is 18.3 Å². The van der Waals surface area contributed by atoms with Crippen LogP contribution in [0.3, 0.4) is 0 Å². The summed E-state index contributed by atoms with van der Waals surface area (Å²) in [7, 11) is 0. The lowest BCUT2D eigenvalue weighted by Crippen LogP contribution is -2.33. The number of hydrogen-bond donors (Lipinski definition) is 1. The van der Waals surface area contributed by atoms with E-state index < -0.39 is 0 Å². The van der Waals surface area contributed by atoms with Gasteiger partial charge in [0.25, 0.3) is 5.56 Å². The predicted octanol–water partition coefficient (Wildman–Crippen LogP) is 2.75. The molecule has 27 heavy (non-hydrogen) atoms. The molecule has 0 spiro atoms. The Kier molecular flexibility index (Phi) is 5.86. The minimum atomic E-state index is -0.271. The molecule has 1 N–H and O–H groups in total. The van der Waals surface area contributed by atoms with Crippen LogP contribution in [0.2, 0.25) is 0 Å². The van der Waals surface area contributed by atoms with Crippen molar-refractivity contribution in [3.8, 4) is 5.75 Å². The zero-order valence-corrected chi connectivity index (χ0v) is 15.5. The minimum absolute atomic E-state index is 0.118. The van der Waals surface area contributed by atoms with Crippen LogP contribution in [0, 0.1) is 5.92 Å². The van der Waals surface area contributed by atoms with Gasteiger partial charge in [0.15, 0.2) is 0 Å². The maximum atomic E-state index is 12.4. The number of carbonyl (C=O) groups excluding carboxylic acids is 1. The van der Waals surface area contributed by atoms with Gasteiger partial charge in [0, 0.05) is 11.9 Å². The lowest BCUT2D eigenvalue weighted by molar-refractivity contribution is -0.122. The van der Waals surface area contributed by atoms with E-state index in [4.69, 9.17) is 4.74 Å². The van der Waals surface area contributed by atoms with Crippen molar-refractivity contribution in [3.05, 3.63) is 70.6 Å². The van der Waals surface area contributed by atoms with Crippen LogP contribution in [-0.4, -0.2) is 22.3 Å². The molecule has 3 aromatic rings. The number of nitrogens with zero attached hydrogens (tertiary/aromatic N) is 2. The largest absolute Gasteiger partial charge is 0.493 e. The minimum Gasteiger partial charge on any atom is -0.493 e. The van der Waals surface area contributed by atoms with Gasteiger partial charge in [0.1, 0.15) is 12.3 Å². The monoisotopic (exact) mass is 365 g/mol. The Morgan fingerprint density at radius 2 is 2.00 bits per heavy atom. The summed E-state index contributed by atoms with van der Waals surface area (Å²) < 4.78 is 6.88. The highest BCUT2D eigenvalue weighted by Crippen LogP contribution is 2.14. The van der Waals surface area contributed by atoms with Crippen LogP contribution < -0.4 is 15.6 Å². The first-order valence-corrected chi connectivity index (χ1v) is 8.96. The SMILES string of the molecule is CC(C)COc1cccc(CNC(=O)Cn2ncc3ccccc3c2=O)c1. The number of rotatable bonds is 7. The number of carbonyl (C=O) groups is 1. The van der Waals surface area contributed by atoms with Crippen molar-refractivity contribution >= 4 is 16.7 Å². The van der Waals surface area contributed by atoms with Gasteiger partial charge in [-0.1, -0.05) is 44.2 Å². The summed E-state index contributed by atoms with van der Waals surface area (Å²) in [5.41, 5.74) is 0.663. The molecule has 0 bridgehead atoms. The first-order chi connectivity index (χ1) is 13.0. The van der Waals surface area contributed by atoms with Crippen LogP contribution in [0.4, 0.5) is 0 Å². The predicted molar refractivity (Wildman–Crippen MR) is 105 cm³/mol. The van der Waals surface area contributed by atoms with Crippen molar-refractivity contribution in [1.82, 2.24) is 15.1 Å². The zero-order chi connectivity index (χ0) is 19.2. The van der Waals surface area contributed by atoms with E-state index in [0.717, 1.165) is 16.7 Å². The van der Waals surface area contributed by atoms with Crippen LogP contribution in [0.5, 0.6) is 5.75 Å². The number of hydrogen-bond acceptors (Lipinski definition) is 4. The molecule has 1 amide bonds. The topological polar surface area (TPSA) is 73.2 Å². The Labute approximate surface area is 157 Å². The highest BCUT2D eigenvalue weighted by Gasteiger charge is 2.08. The molecule has 0 aliphatic heterocycles. The Morgan fingerprint density at radius 3 is 2.81 bits per heavy atom. The third kappa shape index (κ3) is 4.94. The smallest absolute Gasteiger partial charge is 0.275 e. The standard InChI is InChI=1S/C21H23N3O3/c1-15(2)14-27-18-8-5-6-16(10-18)11-22-20(25)13-24-21(26)19-9-4-3-7-17(19)12-23-24/h3-10,12,15H,11,13-14H2,1-2H3,(H,22,25). The number of aromatic nitrogens is 2. The van der Waals surface area contributed by atoms with Gasteiger partial charge in [-0.2, -0.15) is 5.10 Å². The van der Waals surface area contributed by atoms with Gasteiger partial charge >= 0.3 is 0 Å². The fourth-order valence-electron chi connectivity index (χ4n) is 2.64. The summed E-state index contributed by atoms with van der Waals surface area (Å²) in [4.78, 5) is 24.6. The average molecular weight is 365 g/mol. The fraction of sp³-hybridized carbons (Fsp3) is 0.286. The number of amides is 1. The first kappa shape index (κ1) is 18.6. The first-order valence-electron chi connectivity index (χ1n) is 8.96. The third-order valence-electron chi connectivity index (χ3n) is 4.03. The van der Waals surface area contributed by atoms with Gasteiger partial charge in [-0.25, -0.2) is 4.68 Å². The van der Waals surface area contributed by atoms with E-state index in [9.17, 15) is 9.59 Å². The van der Waals surface area contributed by atoms with E-state index >= 15 is 0 Å². The Morgan fingerprint density at radius 1 is 1.19 bits per heavy atom. The van der Waals surface area contributed by atoms with Crippen molar-refractivity contribution in [3.63, 3.8) is 0 Å². The molecule has 6 nitrogen and oxygen atoms in total. The van der Waals surface area contributed by atoms with Crippen molar-refractivity contribution in [2.24, 2.45) is 5.92 Å². The van der Waals surface area contributed by atoms with Gasteiger partial charge in [0.2, 0.25) is 5.91 Å². The van der Waals surface area contributed by atoms with Gasteiger partial charge in [-0.05, 0) is 29.7 Å². The molecule has 140 valence electrons. The molecular weight excluding hydrogens is 342 g/mol. The molecule has 1 aromatic heterocycles. The van der Waals surface area contributed by atoms with Gasteiger partial charge in [-0.3, -0.25) is 9.59 Å². The quantitative estimate of drug-likeness (QED) is 0.699. The average Bonchev–Trinajstić information content (AvgIpc) is 2.67. The summed E-state index contributed by atoms with van der Waals surface area (Å²) in [5, 5.41) is 8.21. The van der Waals surface area contributed by atoms with Crippen molar-refractivity contribution < 1.29 is 9.53 Å². The molecule has 0 saturated heterocycles. The maximum absolute atomic E-state index is 12.4. The van der Waals surface area contributed by atoms with Crippen molar-refractivity contribution in [2.75, 3.05) is 6.61 Å². The summed E-state index contributed by atoms with van der Waals surface area (Å²) >= 11 is 0. The third-order valence-corrected chi connectivity index (χ3v) is 4.03. The van der Waals surface area contributed by atoms with Gasteiger partial charge in [0.05, 0.1) is 18.2 Å². The lowest BCUT2D eigenvalue weighted by atomic mass is 10.2. The van der Waals surface area contributed by atoms with Crippen LogP contribution in [0.25, 0.3) is 10.8 Å². The second kappa shape index (κ2) is 8.49. The van der Waals surface area contributed by atoms with E-state index in [1.165, 1.54) is 4.68 Å². The molecule has 0 fully saturated rings. The van der Waals surface area contributed by atoms with Crippen LogP contribution in [-0.2, 0) is 17.9 Å². The van der Waals surface area contributed by atoms with E-state index in [2.05, 4.69) is 24.3 Å². The fourth-order valence-corrected chi connectivity index (χ4v) is 2.64. The lowest BCUT2D eigenvalue weighted by Gasteiger charge is -2.11. The summed E-state index contributed by atoms with van der Waals surface area (Å²) in [6.45, 7) is 5.07. The molecule has 6 heteroatoms. The molecular formula is C21H23N3O3. The van der Waals surface area contributed by atoms with Crippen molar-refractivity contribution in [1.29, 1.82) is 0 Å². The second-order valence-electron chi connectivity index (χ2n) is 6.82. The molecule has 0 atom stereocenters. The number of ether oxygens (including phenoxy) is 1. The zero-order valence-electron chi connectivity index (χ0n) is 15.5. The van der Waals surface area contributed by atoms with E-state index in [0.29, 0.717) is 24.5 Å².